The van der Waals surface area contributed by atoms with Gasteiger partial charge in [-0.2, -0.15) is 4.31 Å². The maximum Gasteiger partial charge on any atom is 0.243 e. The molecule has 8 heteroatoms. The zero-order chi connectivity index (χ0) is 20.9. The number of methoxy groups -OCH3 is 1. The first kappa shape index (κ1) is 22.1. The highest BCUT2D eigenvalue weighted by Gasteiger charge is 2.34. The second-order valence-electron chi connectivity index (χ2n) is 8.00. The van der Waals surface area contributed by atoms with Gasteiger partial charge in [-0.3, -0.25) is 4.79 Å². The highest BCUT2D eigenvalue weighted by atomic mass is 32.2. The van der Waals surface area contributed by atoms with E-state index in [1.54, 1.807) is 31.4 Å². The van der Waals surface area contributed by atoms with E-state index in [0.29, 0.717) is 50.8 Å². The largest absolute Gasteiger partial charge is 0.491 e. The molecule has 1 aromatic rings. The van der Waals surface area contributed by atoms with E-state index in [1.807, 2.05) is 4.90 Å². The fraction of sp³-hybridized carbons (Fsp3) is 0.667. The van der Waals surface area contributed by atoms with E-state index in [9.17, 15) is 13.2 Å². The number of ether oxygens (including phenoxy) is 2. The molecule has 3 rings (SSSR count). The smallest absolute Gasteiger partial charge is 0.243 e. The predicted octanol–water partition coefficient (Wildman–Crippen LogP) is 2.37. The van der Waals surface area contributed by atoms with Crippen LogP contribution in [0.25, 0.3) is 0 Å². The highest BCUT2D eigenvalue weighted by Crippen LogP contribution is 2.27. The summed E-state index contributed by atoms with van der Waals surface area (Å²) in [4.78, 5) is 15.0. The molecule has 0 spiro atoms. The lowest BCUT2D eigenvalue weighted by Gasteiger charge is -2.36. The van der Waals surface area contributed by atoms with E-state index in [-0.39, 0.29) is 16.7 Å². The number of sulfonamides is 1. The molecule has 0 atom stereocenters. The molecule has 2 fully saturated rings. The van der Waals surface area contributed by atoms with Crippen LogP contribution < -0.4 is 4.74 Å². The number of nitrogens with zero attached hydrogens (tertiary/aromatic N) is 2. The van der Waals surface area contributed by atoms with E-state index >= 15 is 0 Å². The molecule has 0 radical (unpaired) electrons. The molecule has 2 aliphatic rings. The summed E-state index contributed by atoms with van der Waals surface area (Å²) in [7, 11) is -1.96. The zero-order valence-corrected chi connectivity index (χ0v) is 18.2. The summed E-state index contributed by atoms with van der Waals surface area (Å²) in [6, 6.07) is 6.47. The average Bonchev–Trinajstić information content (AvgIpc) is 2.74. The van der Waals surface area contributed by atoms with E-state index in [2.05, 4.69) is 6.92 Å². The van der Waals surface area contributed by atoms with Gasteiger partial charge >= 0.3 is 0 Å². The first-order chi connectivity index (χ1) is 13.9. The minimum absolute atomic E-state index is 0.0635. The predicted molar refractivity (Wildman–Crippen MR) is 110 cm³/mol. The number of hydrogen-bond donors (Lipinski definition) is 0. The molecule has 2 heterocycles. The monoisotopic (exact) mass is 424 g/mol. The molecule has 2 saturated heterocycles. The number of carbonyl (C=O) groups excluding carboxylic acids is 1. The van der Waals surface area contributed by atoms with Crippen molar-refractivity contribution in [1.82, 2.24) is 9.21 Å². The van der Waals surface area contributed by atoms with Crippen molar-refractivity contribution in [2.45, 2.75) is 37.5 Å². The van der Waals surface area contributed by atoms with Crippen LogP contribution in [0.15, 0.2) is 29.2 Å². The summed E-state index contributed by atoms with van der Waals surface area (Å²) in [5.74, 6) is 1.43. The summed E-state index contributed by atoms with van der Waals surface area (Å²) in [6.45, 7) is 5.55. The van der Waals surface area contributed by atoms with Crippen LogP contribution in [0.1, 0.15) is 32.6 Å². The lowest BCUT2D eigenvalue weighted by Crippen LogP contribution is -2.46. The molecule has 0 unspecified atom stereocenters. The molecule has 1 aromatic carbocycles. The fourth-order valence-corrected chi connectivity index (χ4v) is 5.40. The minimum atomic E-state index is -3.56. The van der Waals surface area contributed by atoms with Gasteiger partial charge in [-0.15, -0.1) is 0 Å². The van der Waals surface area contributed by atoms with Crippen molar-refractivity contribution in [3.8, 4) is 5.75 Å². The minimum Gasteiger partial charge on any atom is -0.491 e. The van der Waals surface area contributed by atoms with Crippen molar-refractivity contribution in [1.29, 1.82) is 0 Å². The Bertz CT molecular complexity index is 765. The lowest BCUT2D eigenvalue weighted by atomic mass is 9.93. The highest BCUT2D eigenvalue weighted by molar-refractivity contribution is 7.89. The standard InChI is InChI=1S/C21H32N2O5S/c1-17-7-11-22(12-8-17)21(24)18-9-13-23(14-10-18)29(25,26)20-5-3-19(4-6-20)28-16-15-27-2/h3-6,17-18H,7-16H2,1-2H3. The molecule has 7 nitrogen and oxygen atoms in total. The number of carbonyl (C=O) groups is 1. The summed E-state index contributed by atoms with van der Waals surface area (Å²) in [6.07, 6.45) is 3.29. The van der Waals surface area contributed by atoms with Crippen LogP contribution in [-0.4, -0.2) is 70.0 Å². The Hall–Kier alpha value is -1.64. The summed E-state index contributed by atoms with van der Waals surface area (Å²) < 4.78 is 37.8. The molecule has 2 aliphatic heterocycles. The number of hydrogen-bond acceptors (Lipinski definition) is 5. The van der Waals surface area contributed by atoms with Gasteiger partial charge in [0.15, 0.2) is 0 Å². The van der Waals surface area contributed by atoms with Gasteiger partial charge in [0.1, 0.15) is 12.4 Å². The van der Waals surface area contributed by atoms with Crippen LogP contribution in [0.5, 0.6) is 5.75 Å². The molecule has 0 bridgehead atoms. The van der Waals surface area contributed by atoms with Crippen molar-refractivity contribution in [3.05, 3.63) is 24.3 Å². The Morgan fingerprint density at radius 3 is 2.21 bits per heavy atom. The van der Waals surface area contributed by atoms with Crippen molar-refractivity contribution >= 4 is 15.9 Å². The van der Waals surface area contributed by atoms with Crippen LogP contribution in [0.2, 0.25) is 0 Å². The van der Waals surface area contributed by atoms with Crippen molar-refractivity contribution in [3.63, 3.8) is 0 Å². The topological polar surface area (TPSA) is 76.1 Å². The third-order valence-corrected chi connectivity index (χ3v) is 7.83. The van der Waals surface area contributed by atoms with Crippen LogP contribution in [0.4, 0.5) is 0 Å². The molecule has 162 valence electrons. The maximum atomic E-state index is 12.9. The number of rotatable bonds is 7. The molecule has 0 aliphatic carbocycles. The van der Waals surface area contributed by atoms with E-state index in [0.717, 1.165) is 25.9 Å². The van der Waals surface area contributed by atoms with Crippen LogP contribution >= 0.6 is 0 Å². The summed E-state index contributed by atoms with van der Waals surface area (Å²) in [5, 5.41) is 0. The molecule has 29 heavy (non-hydrogen) atoms. The van der Waals surface area contributed by atoms with E-state index in [4.69, 9.17) is 9.47 Å². The molecule has 0 N–H and O–H groups in total. The zero-order valence-electron chi connectivity index (χ0n) is 17.4. The number of benzene rings is 1. The Kier molecular flexibility index (Phi) is 7.54. The van der Waals surface area contributed by atoms with Crippen molar-refractivity contribution in [2.75, 3.05) is 46.5 Å². The first-order valence-electron chi connectivity index (χ1n) is 10.4. The third-order valence-electron chi connectivity index (χ3n) is 5.92. The molecule has 1 amide bonds. The van der Waals surface area contributed by atoms with Crippen LogP contribution in [0, 0.1) is 11.8 Å². The van der Waals surface area contributed by atoms with Gasteiger partial charge in [0.05, 0.1) is 11.5 Å². The fourth-order valence-electron chi connectivity index (χ4n) is 3.93. The quantitative estimate of drug-likeness (QED) is 0.628. The number of amides is 1. The summed E-state index contributed by atoms with van der Waals surface area (Å²) >= 11 is 0. The van der Waals surface area contributed by atoms with Gasteiger partial charge < -0.3 is 14.4 Å². The van der Waals surface area contributed by atoms with E-state index in [1.165, 1.54) is 4.31 Å². The van der Waals surface area contributed by atoms with Gasteiger partial charge in [-0.1, -0.05) is 6.92 Å². The van der Waals surface area contributed by atoms with Crippen LogP contribution in [-0.2, 0) is 19.6 Å². The number of likely N-dealkylation sites (tertiary alicyclic amines) is 1. The van der Waals surface area contributed by atoms with Gasteiger partial charge in [0.2, 0.25) is 15.9 Å². The van der Waals surface area contributed by atoms with Gasteiger partial charge in [0.25, 0.3) is 0 Å². The van der Waals surface area contributed by atoms with Gasteiger partial charge in [0, 0.05) is 39.2 Å². The normalized spacial score (nSPS) is 20.0. The second-order valence-corrected chi connectivity index (χ2v) is 9.94. The maximum absolute atomic E-state index is 12.9. The van der Waals surface area contributed by atoms with Gasteiger partial charge in [-0.05, 0) is 55.9 Å². The molecule has 0 saturated carbocycles. The van der Waals surface area contributed by atoms with Crippen molar-refractivity contribution < 1.29 is 22.7 Å². The molecule has 0 aromatic heterocycles. The SMILES string of the molecule is COCCOc1ccc(S(=O)(=O)N2CCC(C(=O)N3CCC(C)CC3)CC2)cc1. The average molecular weight is 425 g/mol. The molecular weight excluding hydrogens is 392 g/mol. The van der Waals surface area contributed by atoms with Gasteiger partial charge in [-0.25, -0.2) is 8.42 Å². The number of piperidine rings is 2. The second kappa shape index (κ2) is 9.91. The Morgan fingerprint density at radius 2 is 1.62 bits per heavy atom. The van der Waals surface area contributed by atoms with E-state index < -0.39 is 10.0 Å². The van der Waals surface area contributed by atoms with Crippen LogP contribution in [0.3, 0.4) is 0 Å². The third kappa shape index (κ3) is 5.49. The van der Waals surface area contributed by atoms with Crippen molar-refractivity contribution in [2.24, 2.45) is 11.8 Å². The Labute approximate surface area is 174 Å². The first-order valence-corrected chi connectivity index (χ1v) is 11.9. The lowest BCUT2D eigenvalue weighted by molar-refractivity contribution is -0.138. The Balaban J connectivity index is 1.54. The molecular formula is C21H32N2O5S. The Morgan fingerprint density at radius 1 is 1.00 bits per heavy atom. The summed E-state index contributed by atoms with van der Waals surface area (Å²) in [5.41, 5.74) is 0.